The van der Waals surface area contributed by atoms with Crippen LogP contribution >= 0.6 is 41.2 Å². The summed E-state index contributed by atoms with van der Waals surface area (Å²) >= 11 is 0. The van der Waals surface area contributed by atoms with Gasteiger partial charge in [0.05, 0.1) is 0 Å². The lowest BCUT2D eigenvalue weighted by Crippen LogP contribution is -1.87. The normalized spacial score (nSPS) is 11.5. The Morgan fingerprint density at radius 2 is 1.08 bits per heavy atom. The molecule has 0 aromatic carbocycles. The Bertz CT molecular complexity index is 81.1. The summed E-state index contributed by atoms with van der Waals surface area (Å²) in [5.74, 6) is 4.16. The molecule has 4 heteroatoms. The topological polar surface area (TPSA) is 0 Å². The highest BCUT2D eigenvalue weighted by molar-refractivity contribution is 9.26. The lowest BCUT2D eigenvalue weighted by molar-refractivity contribution is 0.752. The molecule has 0 aliphatic rings. The summed E-state index contributed by atoms with van der Waals surface area (Å²) in [4.78, 5) is 0. The van der Waals surface area contributed by atoms with Gasteiger partial charge in [-0.05, 0) is 31.5 Å². The van der Waals surface area contributed by atoms with Crippen molar-refractivity contribution in [2.45, 2.75) is 27.7 Å². The first-order valence-electron chi connectivity index (χ1n) is 4.20. The van der Waals surface area contributed by atoms with Crippen molar-refractivity contribution in [1.29, 1.82) is 0 Å². The van der Waals surface area contributed by atoms with Gasteiger partial charge in [0.2, 0.25) is 0 Å². The van der Waals surface area contributed by atoms with E-state index in [1.807, 2.05) is 41.2 Å². The smallest absolute Gasteiger partial charge is 0.00685 e. The second-order valence-electron chi connectivity index (χ2n) is 3.49. The van der Waals surface area contributed by atoms with Crippen LogP contribution in [-0.4, -0.2) is 11.5 Å². The van der Waals surface area contributed by atoms with Crippen molar-refractivity contribution >= 4 is 41.2 Å². The van der Waals surface area contributed by atoms with Crippen LogP contribution in [0.25, 0.3) is 0 Å². The molecule has 0 rings (SSSR count). The zero-order chi connectivity index (χ0) is 9.40. The Hall–Kier alpha value is 1.40. The molecule has 0 atom stereocenters. The summed E-state index contributed by atoms with van der Waals surface area (Å²) in [6.07, 6.45) is 0. The summed E-state index contributed by atoms with van der Waals surface area (Å²) in [5, 5.41) is 0. The Balaban J connectivity index is 2.91. The minimum atomic E-state index is 0.818. The predicted molar refractivity (Wildman–Crippen MR) is 69.8 cm³/mol. The molecule has 0 bridgehead atoms. The van der Waals surface area contributed by atoms with Gasteiger partial charge in [-0.15, -0.1) is 0 Å². The lowest BCUT2D eigenvalue weighted by Gasteiger charge is -2.03. The molecular formula is C8H18S4. The molecule has 74 valence electrons. The molecule has 0 nitrogen and oxygen atoms in total. The van der Waals surface area contributed by atoms with Crippen LogP contribution in [-0.2, 0) is 0 Å². The molecule has 0 spiro atoms. The molecule has 0 aliphatic carbocycles. The van der Waals surface area contributed by atoms with Gasteiger partial charge < -0.3 is 0 Å². The van der Waals surface area contributed by atoms with Crippen LogP contribution in [0, 0.1) is 11.8 Å². The maximum Gasteiger partial charge on any atom is 0.00685 e. The first-order valence-corrected chi connectivity index (χ1v) is 9.36. The maximum absolute atomic E-state index is 2.26. The fourth-order valence-electron chi connectivity index (χ4n) is 0.367. The van der Waals surface area contributed by atoms with E-state index in [1.54, 1.807) is 0 Å². The molecule has 0 fully saturated rings. The van der Waals surface area contributed by atoms with E-state index in [0.29, 0.717) is 0 Å². The molecule has 0 unspecified atom stereocenters. The summed E-state index contributed by atoms with van der Waals surface area (Å²) in [7, 11) is 7.78. The first kappa shape index (κ1) is 13.4. The first-order chi connectivity index (χ1) is 5.63. The van der Waals surface area contributed by atoms with Crippen LogP contribution < -0.4 is 0 Å². The molecule has 12 heavy (non-hydrogen) atoms. The average Bonchev–Trinajstić information content (AvgIpc) is 1.95. The predicted octanol–water partition coefficient (Wildman–Crippen LogP) is 4.98. The molecule has 0 N–H and O–H groups in total. The third-order valence-electron chi connectivity index (χ3n) is 0.927. The SMILES string of the molecule is CC(C)CSSSSCC(C)C. The highest BCUT2D eigenvalue weighted by atomic mass is 33.7. The highest BCUT2D eigenvalue weighted by Crippen LogP contribution is 2.43. The minimum Gasteiger partial charge on any atom is -0.0815 e. The molecule has 0 aliphatic heterocycles. The van der Waals surface area contributed by atoms with Gasteiger partial charge in [-0.25, -0.2) is 0 Å². The fraction of sp³-hybridized carbons (Fsp3) is 1.00. The van der Waals surface area contributed by atoms with Crippen LogP contribution in [0.3, 0.4) is 0 Å². The van der Waals surface area contributed by atoms with E-state index >= 15 is 0 Å². The van der Waals surface area contributed by atoms with E-state index in [4.69, 9.17) is 0 Å². The fourth-order valence-corrected chi connectivity index (χ4v) is 7.13. The van der Waals surface area contributed by atoms with E-state index < -0.39 is 0 Å². The van der Waals surface area contributed by atoms with Gasteiger partial charge in [0, 0.05) is 11.5 Å². The molecule has 0 amide bonds. The molecule has 0 radical (unpaired) electrons. The van der Waals surface area contributed by atoms with Gasteiger partial charge in [0.15, 0.2) is 0 Å². The van der Waals surface area contributed by atoms with Gasteiger partial charge in [0.1, 0.15) is 0 Å². The Kier molecular flexibility index (Phi) is 10.0. The van der Waals surface area contributed by atoms with Crippen molar-refractivity contribution in [3.05, 3.63) is 0 Å². The van der Waals surface area contributed by atoms with Crippen molar-refractivity contribution in [2.24, 2.45) is 11.8 Å². The average molecular weight is 242 g/mol. The van der Waals surface area contributed by atoms with E-state index in [0.717, 1.165) is 11.8 Å². The van der Waals surface area contributed by atoms with Gasteiger partial charge in [-0.3, -0.25) is 0 Å². The zero-order valence-electron chi connectivity index (χ0n) is 8.20. The Labute approximate surface area is 92.0 Å². The van der Waals surface area contributed by atoms with E-state index in [9.17, 15) is 0 Å². The van der Waals surface area contributed by atoms with Gasteiger partial charge in [0.25, 0.3) is 0 Å². The second kappa shape index (κ2) is 8.97. The van der Waals surface area contributed by atoms with Crippen molar-refractivity contribution in [3.63, 3.8) is 0 Å². The monoisotopic (exact) mass is 242 g/mol. The minimum absolute atomic E-state index is 0.818. The van der Waals surface area contributed by atoms with Crippen LogP contribution in [0.5, 0.6) is 0 Å². The number of rotatable bonds is 7. The van der Waals surface area contributed by atoms with Crippen molar-refractivity contribution < 1.29 is 0 Å². The molecule has 0 saturated heterocycles. The quantitative estimate of drug-likeness (QED) is 0.456. The highest BCUT2D eigenvalue weighted by Gasteiger charge is 1.97. The van der Waals surface area contributed by atoms with Gasteiger partial charge >= 0.3 is 0 Å². The summed E-state index contributed by atoms with van der Waals surface area (Å²) in [6.45, 7) is 9.05. The molecule has 0 saturated carbocycles. The standard InChI is InChI=1S/C8H18S4/c1-7(2)5-9-11-12-10-6-8(3)4/h7-8H,5-6H2,1-4H3. The Morgan fingerprint density at radius 1 is 0.750 bits per heavy atom. The van der Waals surface area contributed by atoms with E-state index in [-0.39, 0.29) is 0 Å². The van der Waals surface area contributed by atoms with E-state index in [2.05, 4.69) is 27.7 Å². The molecule has 0 heterocycles. The van der Waals surface area contributed by atoms with E-state index in [1.165, 1.54) is 11.5 Å². The van der Waals surface area contributed by atoms with Crippen LogP contribution in [0.1, 0.15) is 27.7 Å². The third kappa shape index (κ3) is 11.4. The second-order valence-corrected chi connectivity index (χ2v) is 9.58. The van der Waals surface area contributed by atoms with Gasteiger partial charge in [-0.2, -0.15) is 0 Å². The molecule has 0 aromatic heterocycles. The lowest BCUT2D eigenvalue weighted by atomic mass is 10.3. The van der Waals surface area contributed by atoms with Crippen molar-refractivity contribution in [2.75, 3.05) is 11.5 Å². The molecule has 0 aromatic rings. The largest absolute Gasteiger partial charge is 0.0815 e. The van der Waals surface area contributed by atoms with Crippen LogP contribution in [0.4, 0.5) is 0 Å². The summed E-state index contributed by atoms with van der Waals surface area (Å²) in [6, 6.07) is 0. The zero-order valence-corrected chi connectivity index (χ0v) is 11.5. The molecular weight excluding hydrogens is 224 g/mol. The summed E-state index contributed by atoms with van der Waals surface area (Å²) in [5.41, 5.74) is 0. The van der Waals surface area contributed by atoms with Gasteiger partial charge in [-0.1, -0.05) is 49.3 Å². The summed E-state index contributed by atoms with van der Waals surface area (Å²) < 4.78 is 0. The number of hydrogen-bond donors (Lipinski definition) is 0. The van der Waals surface area contributed by atoms with Crippen LogP contribution in [0.2, 0.25) is 0 Å². The van der Waals surface area contributed by atoms with Crippen molar-refractivity contribution in [3.8, 4) is 0 Å². The Morgan fingerprint density at radius 3 is 1.33 bits per heavy atom. The number of hydrogen-bond acceptors (Lipinski definition) is 4. The maximum atomic E-state index is 2.26. The van der Waals surface area contributed by atoms with Crippen LogP contribution in [0.15, 0.2) is 0 Å². The third-order valence-corrected chi connectivity index (χ3v) is 8.07. The van der Waals surface area contributed by atoms with Crippen molar-refractivity contribution in [1.82, 2.24) is 0 Å².